The van der Waals surface area contributed by atoms with Crippen molar-refractivity contribution in [3.8, 4) is 0 Å². The van der Waals surface area contributed by atoms with E-state index in [0.29, 0.717) is 24.0 Å². The van der Waals surface area contributed by atoms with Crippen molar-refractivity contribution in [1.29, 1.82) is 0 Å². The summed E-state index contributed by atoms with van der Waals surface area (Å²) in [6.45, 7) is 2.02. The van der Waals surface area contributed by atoms with Crippen molar-refractivity contribution in [2.45, 2.75) is 44.2 Å². The number of nitrogens with zero attached hydrogens (tertiary/aromatic N) is 3. The summed E-state index contributed by atoms with van der Waals surface area (Å²) in [5, 5.41) is 9.75. The van der Waals surface area contributed by atoms with Crippen LogP contribution in [0.1, 0.15) is 32.6 Å². The second-order valence-corrected chi connectivity index (χ2v) is 5.71. The van der Waals surface area contributed by atoms with Crippen molar-refractivity contribution >= 4 is 22.8 Å². The minimum Gasteiger partial charge on any atom is -0.393 e. The quantitative estimate of drug-likeness (QED) is 0.775. The Labute approximate surface area is 114 Å². The van der Waals surface area contributed by atoms with E-state index in [4.69, 9.17) is 11.6 Å². The van der Waals surface area contributed by atoms with Crippen molar-refractivity contribution in [3.63, 3.8) is 0 Å². The number of nitrogens with one attached hydrogen (secondary N) is 1. The molecule has 0 aliphatic heterocycles. The largest absolute Gasteiger partial charge is 0.393 e. The first-order chi connectivity index (χ1) is 8.99. The van der Waals surface area contributed by atoms with Gasteiger partial charge in [0.05, 0.1) is 12.3 Å². The highest BCUT2D eigenvalue weighted by Gasteiger charge is 2.35. The molecule has 0 unspecified atom stereocenters. The molecular formula is C12H15ClN4O2. The number of fused-ring (bicyclic) bond motifs is 1. The number of aromatic amines is 1. The lowest BCUT2D eigenvalue weighted by Crippen LogP contribution is -2.41. The summed E-state index contributed by atoms with van der Waals surface area (Å²) in [5.74, 6) is 0. The van der Waals surface area contributed by atoms with Crippen LogP contribution in [0.5, 0.6) is 0 Å². The average molecular weight is 283 g/mol. The lowest BCUT2D eigenvalue weighted by Gasteiger charge is -2.36. The average Bonchev–Trinajstić information content (AvgIpc) is 2.69. The van der Waals surface area contributed by atoms with Gasteiger partial charge in [0.15, 0.2) is 5.65 Å². The van der Waals surface area contributed by atoms with Gasteiger partial charge in [-0.1, -0.05) is 0 Å². The molecular weight excluding hydrogens is 268 g/mol. The van der Waals surface area contributed by atoms with Crippen LogP contribution in [-0.4, -0.2) is 30.7 Å². The lowest BCUT2D eigenvalue weighted by molar-refractivity contribution is 0.0760. The number of aromatic nitrogens is 4. The molecule has 1 aliphatic carbocycles. The van der Waals surface area contributed by atoms with Crippen LogP contribution in [0, 0.1) is 0 Å². The maximum atomic E-state index is 12.2. The van der Waals surface area contributed by atoms with E-state index in [1.807, 2.05) is 6.92 Å². The van der Waals surface area contributed by atoms with Gasteiger partial charge in [-0.25, -0.2) is 9.78 Å². The number of halogens is 1. The fraction of sp³-hybridized carbons (Fsp3) is 0.583. The number of aliphatic hydroxyl groups is 1. The van der Waals surface area contributed by atoms with Crippen molar-refractivity contribution in [3.05, 3.63) is 22.0 Å². The van der Waals surface area contributed by atoms with E-state index in [1.165, 1.54) is 6.20 Å². The zero-order chi connectivity index (χ0) is 13.6. The Balaban J connectivity index is 2.16. The fourth-order valence-corrected chi connectivity index (χ4v) is 2.96. The Kier molecular flexibility index (Phi) is 2.87. The summed E-state index contributed by atoms with van der Waals surface area (Å²) in [6, 6.07) is 0. The molecule has 2 aromatic rings. The molecule has 0 amide bonds. The van der Waals surface area contributed by atoms with E-state index in [9.17, 15) is 9.90 Å². The van der Waals surface area contributed by atoms with Crippen LogP contribution < -0.4 is 5.69 Å². The Bertz CT molecular complexity index is 670. The molecule has 7 heteroatoms. The molecule has 102 valence electrons. The molecule has 1 fully saturated rings. The number of aliphatic hydroxyl groups excluding tert-OH is 1. The van der Waals surface area contributed by atoms with Crippen molar-refractivity contribution in [2.24, 2.45) is 0 Å². The van der Waals surface area contributed by atoms with Crippen molar-refractivity contribution < 1.29 is 5.11 Å². The van der Waals surface area contributed by atoms with E-state index in [2.05, 4.69) is 15.0 Å². The van der Waals surface area contributed by atoms with Crippen LogP contribution in [0.25, 0.3) is 11.2 Å². The zero-order valence-electron chi connectivity index (χ0n) is 10.6. The van der Waals surface area contributed by atoms with Gasteiger partial charge in [-0.15, -0.1) is 0 Å². The molecule has 2 N–H and O–H groups in total. The van der Waals surface area contributed by atoms with E-state index in [-0.39, 0.29) is 22.6 Å². The van der Waals surface area contributed by atoms with Crippen LogP contribution in [0.2, 0.25) is 5.28 Å². The molecule has 2 aromatic heterocycles. The Morgan fingerprint density at radius 3 is 2.89 bits per heavy atom. The smallest absolute Gasteiger partial charge is 0.328 e. The number of H-pyrrole nitrogens is 1. The normalized spacial score (nSPS) is 27.8. The monoisotopic (exact) mass is 282 g/mol. The molecule has 19 heavy (non-hydrogen) atoms. The van der Waals surface area contributed by atoms with E-state index < -0.39 is 0 Å². The van der Waals surface area contributed by atoms with E-state index in [1.54, 1.807) is 4.57 Å². The summed E-state index contributed by atoms with van der Waals surface area (Å²) >= 11 is 5.82. The van der Waals surface area contributed by atoms with Crippen molar-refractivity contribution in [1.82, 2.24) is 19.5 Å². The summed E-state index contributed by atoms with van der Waals surface area (Å²) in [6.07, 6.45) is 4.10. The molecule has 2 heterocycles. The van der Waals surface area contributed by atoms with Gasteiger partial charge in [-0.2, -0.15) is 4.98 Å². The first kappa shape index (κ1) is 12.6. The number of hydrogen-bond acceptors (Lipinski definition) is 4. The van der Waals surface area contributed by atoms with Gasteiger partial charge >= 0.3 is 5.69 Å². The molecule has 0 radical (unpaired) electrons. The maximum absolute atomic E-state index is 12.2. The fourth-order valence-electron chi connectivity index (χ4n) is 2.83. The summed E-state index contributed by atoms with van der Waals surface area (Å²) in [5.41, 5.74) is 0.572. The van der Waals surface area contributed by atoms with Crippen LogP contribution in [0.3, 0.4) is 0 Å². The highest BCUT2D eigenvalue weighted by molar-refractivity contribution is 6.28. The van der Waals surface area contributed by atoms with Gasteiger partial charge in [0.25, 0.3) is 0 Å². The van der Waals surface area contributed by atoms with Gasteiger partial charge in [0.2, 0.25) is 5.28 Å². The third kappa shape index (κ3) is 2.04. The number of imidazole rings is 1. The Morgan fingerprint density at radius 2 is 2.21 bits per heavy atom. The van der Waals surface area contributed by atoms with E-state index in [0.717, 1.165) is 12.8 Å². The molecule has 1 saturated carbocycles. The topological polar surface area (TPSA) is 83.8 Å². The molecule has 6 nitrogen and oxygen atoms in total. The van der Waals surface area contributed by atoms with Gasteiger partial charge in [-0.3, -0.25) is 4.57 Å². The third-order valence-electron chi connectivity index (χ3n) is 3.97. The SMILES string of the molecule is CC1(n2c(=O)[nH]c3cnc(Cl)nc32)CCC(O)CC1. The summed E-state index contributed by atoms with van der Waals surface area (Å²) in [4.78, 5) is 23.0. The molecule has 3 rings (SSSR count). The second kappa shape index (κ2) is 4.31. The first-order valence-corrected chi connectivity index (χ1v) is 6.69. The van der Waals surface area contributed by atoms with Crippen LogP contribution in [0.15, 0.2) is 11.0 Å². The predicted octanol–water partition coefficient (Wildman–Crippen LogP) is 1.42. The Morgan fingerprint density at radius 1 is 1.53 bits per heavy atom. The second-order valence-electron chi connectivity index (χ2n) is 5.37. The third-order valence-corrected chi connectivity index (χ3v) is 4.15. The zero-order valence-corrected chi connectivity index (χ0v) is 11.3. The molecule has 0 spiro atoms. The van der Waals surface area contributed by atoms with Gasteiger partial charge in [-0.05, 0) is 44.2 Å². The molecule has 0 saturated heterocycles. The highest BCUT2D eigenvalue weighted by Crippen LogP contribution is 2.35. The van der Waals surface area contributed by atoms with Crippen molar-refractivity contribution in [2.75, 3.05) is 0 Å². The molecule has 1 aliphatic rings. The highest BCUT2D eigenvalue weighted by atomic mass is 35.5. The molecule has 0 aromatic carbocycles. The standard InChI is InChI=1S/C12H15ClN4O2/c1-12(4-2-7(18)3-5-12)17-9-8(15-11(17)19)6-14-10(13)16-9/h6-7,18H,2-5H2,1H3,(H,15,19). The number of rotatable bonds is 1. The van der Waals surface area contributed by atoms with Crippen LogP contribution in [-0.2, 0) is 5.54 Å². The predicted molar refractivity (Wildman–Crippen MR) is 71.3 cm³/mol. The molecule has 0 atom stereocenters. The summed E-state index contributed by atoms with van der Waals surface area (Å²) in [7, 11) is 0. The Hall–Kier alpha value is -1.40. The molecule has 0 bridgehead atoms. The van der Waals surface area contributed by atoms with E-state index >= 15 is 0 Å². The first-order valence-electron chi connectivity index (χ1n) is 6.31. The van der Waals surface area contributed by atoms with Crippen LogP contribution in [0.4, 0.5) is 0 Å². The number of hydrogen-bond donors (Lipinski definition) is 2. The van der Waals surface area contributed by atoms with Gasteiger partial charge in [0, 0.05) is 5.54 Å². The maximum Gasteiger partial charge on any atom is 0.328 e. The van der Waals surface area contributed by atoms with Crippen LogP contribution >= 0.6 is 11.6 Å². The minimum absolute atomic E-state index is 0.125. The lowest BCUT2D eigenvalue weighted by atomic mass is 9.81. The van der Waals surface area contributed by atoms with Gasteiger partial charge < -0.3 is 10.1 Å². The van der Waals surface area contributed by atoms with Gasteiger partial charge in [0.1, 0.15) is 5.52 Å². The summed E-state index contributed by atoms with van der Waals surface area (Å²) < 4.78 is 1.65. The minimum atomic E-state index is -0.341.